The van der Waals surface area contributed by atoms with E-state index in [1.165, 1.54) is 0 Å². The number of fused-ring (bicyclic) bond motifs is 1. The molecule has 3 aromatic heterocycles. The molecule has 3 rings (SSSR count). The van der Waals surface area contributed by atoms with Crippen molar-refractivity contribution in [2.45, 2.75) is 45.8 Å². The van der Waals surface area contributed by atoms with E-state index >= 15 is 0 Å². The van der Waals surface area contributed by atoms with Crippen molar-refractivity contribution in [1.82, 2.24) is 19.3 Å². The molecule has 3 aromatic rings. The third kappa shape index (κ3) is 4.34. The molecular formula is C20H25BrN4OSi. The van der Waals surface area contributed by atoms with Gasteiger partial charge < -0.3 is 9.30 Å². The summed E-state index contributed by atoms with van der Waals surface area (Å²) in [5, 5.41) is 5.55. The quantitative estimate of drug-likeness (QED) is 0.289. The van der Waals surface area contributed by atoms with E-state index in [2.05, 4.69) is 75.3 Å². The Morgan fingerprint density at radius 3 is 2.85 bits per heavy atom. The molecule has 0 N–H and O–H groups in total. The van der Waals surface area contributed by atoms with Crippen molar-refractivity contribution in [3.05, 3.63) is 35.2 Å². The van der Waals surface area contributed by atoms with Crippen molar-refractivity contribution in [2.75, 3.05) is 6.61 Å². The first-order valence-corrected chi connectivity index (χ1v) is 13.1. The molecule has 0 amide bonds. The van der Waals surface area contributed by atoms with E-state index in [0.29, 0.717) is 13.3 Å². The molecule has 0 aliphatic heterocycles. The SMILES string of the molecule is C#C[Si](C)(C)CCOCn1cc(-c2ccnn2C(C)C)c2cc(Br)cnc21. The van der Waals surface area contributed by atoms with E-state index in [-0.39, 0.29) is 6.04 Å². The van der Waals surface area contributed by atoms with Crippen LogP contribution in [0, 0.1) is 12.0 Å². The Hall–Kier alpha value is -1.88. The van der Waals surface area contributed by atoms with E-state index in [1.54, 1.807) is 0 Å². The van der Waals surface area contributed by atoms with Gasteiger partial charge in [0.2, 0.25) is 0 Å². The van der Waals surface area contributed by atoms with Gasteiger partial charge in [-0.05, 0) is 48.0 Å². The number of nitrogens with zero attached hydrogens (tertiary/aromatic N) is 4. The minimum absolute atomic E-state index is 0.278. The maximum atomic E-state index is 5.93. The average Bonchev–Trinajstić information content (AvgIpc) is 3.23. The Morgan fingerprint density at radius 2 is 2.15 bits per heavy atom. The highest BCUT2D eigenvalue weighted by molar-refractivity contribution is 9.10. The maximum absolute atomic E-state index is 5.93. The van der Waals surface area contributed by atoms with Crippen molar-refractivity contribution in [2.24, 2.45) is 0 Å². The Balaban J connectivity index is 1.91. The Kier molecular flexibility index (Phi) is 5.89. The van der Waals surface area contributed by atoms with E-state index in [4.69, 9.17) is 11.2 Å². The van der Waals surface area contributed by atoms with Crippen molar-refractivity contribution in [3.8, 4) is 23.2 Å². The zero-order valence-corrected chi connectivity index (χ0v) is 18.8. The first kappa shape index (κ1) is 19.9. The summed E-state index contributed by atoms with van der Waals surface area (Å²) in [6, 6.07) is 5.37. The van der Waals surface area contributed by atoms with Crippen molar-refractivity contribution in [3.63, 3.8) is 0 Å². The minimum Gasteiger partial charge on any atom is -0.361 e. The summed E-state index contributed by atoms with van der Waals surface area (Å²) in [7, 11) is -1.57. The smallest absolute Gasteiger partial charge is 0.142 e. The van der Waals surface area contributed by atoms with E-state index in [9.17, 15) is 0 Å². The van der Waals surface area contributed by atoms with E-state index in [1.807, 2.05) is 23.1 Å². The van der Waals surface area contributed by atoms with Gasteiger partial charge in [0.05, 0.1) is 5.69 Å². The second kappa shape index (κ2) is 8.01. The predicted octanol–water partition coefficient (Wildman–Crippen LogP) is 5.10. The molecule has 0 saturated carbocycles. The van der Waals surface area contributed by atoms with Crippen molar-refractivity contribution < 1.29 is 4.74 Å². The molecule has 0 aromatic carbocycles. The molecule has 0 radical (unpaired) electrons. The summed E-state index contributed by atoms with van der Waals surface area (Å²) in [6.07, 6.45) is 11.4. The Labute approximate surface area is 169 Å². The molecule has 0 bridgehead atoms. The Morgan fingerprint density at radius 1 is 1.37 bits per heavy atom. The van der Waals surface area contributed by atoms with Gasteiger partial charge in [0.25, 0.3) is 0 Å². The summed E-state index contributed by atoms with van der Waals surface area (Å²) in [5.41, 5.74) is 6.02. The third-order valence-corrected chi connectivity index (χ3v) is 7.28. The molecule has 5 nitrogen and oxygen atoms in total. The highest BCUT2D eigenvalue weighted by Crippen LogP contribution is 2.32. The van der Waals surface area contributed by atoms with Gasteiger partial charge in [0.1, 0.15) is 20.5 Å². The lowest BCUT2D eigenvalue weighted by Crippen LogP contribution is -2.25. The lowest BCUT2D eigenvalue weighted by atomic mass is 10.1. The van der Waals surface area contributed by atoms with E-state index in [0.717, 1.165) is 32.8 Å². The van der Waals surface area contributed by atoms with Gasteiger partial charge in [0, 0.05) is 46.7 Å². The zero-order valence-electron chi connectivity index (χ0n) is 16.2. The van der Waals surface area contributed by atoms with Gasteiger partial charge in [-0.2, -0.15) is 5.10 Å². The number of pyridine rings is 1. The average molecular weight is 445 g/mol. The highest BCUT2D eigenvalue weighted by Gasteiger charge is 2.18. The minimum atomic E-state index is -1.57. The molecule has 0 aliphatic carbocycles. The first-order chi connectivity index (χ1) is 12.8. The number of hydrogen-bond acceptors (Lipinski definition) is 3. The van der Waals surface area contributed by atoms with Crippen LogP contribution in [-0.4, -0.2) is 34.0 Å². The van der Waals surface area contributed by atoms with Crippen LogP contribution in [0.3, 0.4) is 0 Å². The van der Waals surface area contributed by atoms with Gasteiger partial charge >= 0.3 is 0 Å². The number of rotatable bonds is 7. The van der Waals surface area contributed by atoms with Crippen LogP contribution < -0.4 is 0 Å². The van der Waals surface area contributed by atoms with Gasteiger partial charge in [0.15, 0.2) is 0 Å². The number of hydrogen-bond donors (Lipinski definition) is 0. The fourth-order valence-corrected chi connectivity index (χ4v) is 4.08. The fourth-order valence-electron chi connectivity index (χ4n) is 2.95. The molecule has 142 valence electrons. The molecule has 0 aliphatic rings. The standard InChI is InChI=1S/C20H25BrN4OSi/c1-6-27(4,5)10-9-26-14-24-13-18(17-11-16(21)12-22-20(17)24)19-7-8-23-25(19)15(2)3/h1,7-8,11-13,15H,9-10,14H2,2-5H3. The first-order valence-electron chi connectivity index (χ1n) is 9.06. The lowest BCUT2D eigenvalue weighted by molar-refractivity contribution is 0.0900. The highest BCUT2D eigenvalue weighted by atomic mass is 79.9. The molecule has 0 unspecified atom stereocenters. The van der Waals surface area contributed by atoms with E-state index < -0.39 is 8.07 Å². The number of aromatic nitrogens is 4. The summed E-state index contributed by atoms with van der Waals surface area (Å²) in [6.45, 7) is 9.75. The summed E-state index contributed by atoms with van der Waals surface area (Å²) in [5.74, 6) is 0. The monoisotopic (exact) mass is 444 g/mol. The molecular weight excluding hydrogens is 420 g/mol. The van der Waals surface area contributed by atoms with Crippen LogP contribution in [0.2, 0.25) is 19.1 Å². The number of halogens is 1. The zero-order chi connectivity index (χ0) is 19.6. The molecule has 3 heterocycles. The molecule has 7 heteroatoms. The van der Waals surface area contributed by atoms with Crippen LogP contribution in [0.4, 0.5) is 0 Å². The topological polar surface area (TPSA) is 44.9 Å². The molecule has 27 heavy (non-hydrogen) atoms. The van der Waals surface area contributed by atoms with Crippen LogP contribution >= 0.6 is 15.9 Å². The van der Waals surface area contributed by atoms with Gasteiger partial charge in [-0.25, -0.2) is 4.98 Å². The Bertz CT molecular complexity index is 984. The van der Waals surface area contributed by atoms with Crippen LogP contribution in [0.15, 0.2) is 35.2 Å². The third-order valence-electron chi connectivity index (χ3n) is 4.61. The van der Waals surface area contributed by atoms with Crippen molar-refractivity contribution >= 4 is 35.0 Å². The maximum Gasteiger partial charge on any atom is 0.142 e. The fraction of sp³-hybridized carbons (Fsp3) is 0.400. The van der Waals surface area contributed by atoms with Gasteiger partial charge in [-0.3, -0.25) is 4.68 Å². The predicted molar refractivity (Wildman–Crippen MR) is 116 cm³/mol. The number of terminal acetylenes is 1. The molecule has 0 fully saturated rings. The van der Waals surface area contributed by atoms with Crippen molar-refractivity contribution in [1.29, 1.82) is 0 Å². The molecule has 0 atom stereocenters. The van der Waals surface area contributed by atoms with Gasteiger partial charge in [-0.15, -0.1) is 12.0 Å². The van der Waals surface area contributed by atoms with Crippen LogP contribution in [0.1, 0.15) is 19.9 Å². The summed E-state index contributed by atoms with van der Waals surface area (Å²) < 4.78 is 11.0. The van der Waals surface area contributed by atoms with Gasteiger partial charge in [-0.1, -0.05) is 13.1 Å². The lowest BCUT2D eigenvalue weighted by Gasteiger charge is -2.14. The van der Waals surface area contributed by atoms with Crippen LogP contribution in [0.25, 0.3) is 22.3 Å². The van der Waals surface area contributed by atoms with Crippen LogP contribution in [-0.2, 0) is 11.5 Å². The molecule has 0 spiro atoms. The van der Waals surface area contributed by atoms with Crippen LogP contribution in [0.5, 0.6) is 0 Å². The molecule has 0 saturated heterocycles. The largest absolute Gasteiger partial charge is 0.361 e. The summed E-state index contributed by atoms with van der Waals surface area (Å²) >= 11 is 3.54. The second-order valence-electron chi connectivity index (χ2n) is 7.61. The number of ether oxygens (including phenoxy) is 1. The normalized spacial score (nSPS) is 12.0. The summed E-state index contributed by atoms with van der Waals surface area (Å²) in [4.78, 5) is 4.61. The second-order valence-corrected chi connectivity index (χ2v) is 13.1.